The number of hydrogen-bond acceptors (Lipinski definition) is 4. The molecule has 4 aromatic carbocycles. The Balaban J connectivity index is 1.34. The molecule has 3 aliphatic heterocycles. The van der Waals surface area contributed by atoms with Crippen LogP contribution in [0.2, 0.25) is 0 Å². The Morgan fingerprint density at radius 1 is 0.714 bits per heavy atom. The molecule has 0 spiro atoms. The molecule has 0 atom stereocenters. The van der Waals surface area contributed by atoms with Crippen LogP contribution in [0.1, 0.15) is 26.3 Å². The van der Waals surface area contributed by atoms with Gasteiger partial charge in [0.2, 0.25) is 0 Å². The number of benzene rings is 4. The summed E-state index contributed by atoms with van der Waals surface area (Å²) < 4.78 is 12.5. The van der Waals surface area contributed by atoms with E-state index >= 15 is 0 Å². The van der Waals surface area contributed by atoms with Gasteiger partial charge in [0.05, 0.1) is 17.4 Å². The van der Waals surface area contributed by atoms with Crippen molar-refractivity contribution in [2.75, 3.05) is 4.90 Å². The van der Waals surface area contributed by atoms with Gasteiger partial charge in [-0.3, -0.25) is 0 Å². The number of fused-ring (bicyclic) bond motifs is 6. The quantitative estimate of drug-likeness (QED) is 0.207. The highest BCUT2D eigenvalue weighted by Gasteiger charge is 2.27. The largest absolute Gasteiger partial charge is 0.462 e. The van der Waals surface area contributed by atoms with Crippen molar-refractivity contribution in [2.45, 2.75) is 20.8 Å². The molecule has 202 valence electrons. The minimum Gasteiger partial charge on any atom is -0.462 e. The third-order valence-electron chi connectivity index (χ3n) is 7.85. The van der Waals surface area contributed by atoms with Gasteiger partial charge in [0.25, 0.3) is 0 Å². The molecule has 4 aromatic rings. The Morgan fingerprint density at radius 2 is 1.33 bits per heavy atom. The van der Waals surface area contributed by atoms with Crippen molar-refractivity contribution in [2.24, 2.45) is 0 Å². The Labute approximate surface area is 246 Å². The molecule has 3 aliphatic rings. The van der Waals surface area contributed by atoms with Gasteiger partial charge in [0.1, 0.15) is 23.0 Å². The van der Waals surface area contributed by atoms with Gasteiger partial charge in [0, 0.05) is 40.1 Å². The molecule has 3 heterocycles. The van der Waals surface area contributed by atoms with E-state index in [-0.39, 0.29) is 0 Å². The highest BCUT2D eigenvalue weighted by molar-refractivity contribution is 6.02. The van der Waals surface area contributed by atoms with E-state index in [0.29, 0.717) is 17.1 Å². The second-order valence-electron chi connectivity index (χ2n) is 10.7. The fraction of sp³-hybridized carbons (Fsp3) is 0.0789. The molecule has 0 amide bonds. The van der Waals surface area contributed by atoms with E-state index in [2.05, 4.69) is 109 Å². The highest BCUT2D eigenvalue weighted by Crippen LogP contribution is 2.51. The second-order valence-corrected chi connectivity index (χ2v) is 10.7. The van der Waals surface area contributed by atoms with Crippen LogP contribution in [0.5, 0.6) is 5.75 Å². The molecule has 42 heavy (non-hydrogen) atoms. The van der Waals surface area contributed by atoms with E-state index in [9.17, 15) is 5.26 Å². The maximum absolute atomic E-state index is 9.39. The summed E-state index contributed by atoms with van der Waals surface area (Å²) in [6, 6.07) is 34.4. The van der Waals surface area contributed by atoms with E-state index < -0.39 is 0 Å². The molecule has 4 heteroatoms. The van der Waals surface area contributed by atoms with Gasteiger partial charge in [-0.25, -0.2) is 0 Å². The third kappa shape index (κ3) is 4.33. The Morgan fingerprint density at radius 3 is 1.98 bits per heavy atom. The fourth-order valence-electron chi connectivity index (χ4n) is 5.88. The van der Waals surface area contributed by atoms with Gasteiger partial charge < -0.3 is 14.4 Å². The number of rotatable bonds is 2. The predicted octanol–water partition coefficient (Wildman–Crippen LogP) is 10.1. The molecule has 7 rings (SSSR count). The lowest BCUT2D eigenvalue weighted by atomic mass is 9.95. The summed E-state index contributed by atoms with van der Waals surface area (Å²) in [6.07, 6.45) is 7.65. The van der Waals surface area contributed by atoms with E-state index in [0.717, 1.165) is 45.3 Å². The van der Waals surface area contributed by atoms with Crippen LogP contribution in [0.25, 0.3) is 27.8 Å². The lowest BCUT2D eigenvalue weighted by molar-refractivity contribution is 0.313. The molecular weight excluding hydrogens is 516 g/mol. The van der Waals surface area contributed by atoms with E-state index in [1.54, 1.807) is 0 Å². The molecule has 0 saturated heterocycles. The second kappa shape index (κ2) is 10.1. The van der Waals surface area contributed by atoms with Crippen molar-refractivity contribution in [3.63, 3.8) is 0 Å². The normalized spacial score (nSPS) is 17.0. The van der Waals surface area contributed by atoms with Crippen LogP contribution < -0.4 is 9.64 Å². The van der Waals surface area contributed by atoms with Crippen molar-refractivity contribution < 1.29 is 9.47 Å². The summed E-state index contributed by atoms with van der Waals surface area (Å²) in [6.45, 7) is 5.78. The highest BCUT2D eigenvalue weighted by atomic mass is 16.5. The number of allylic oxidation sites excluding steroid dienone is 8. The van der Waals surface area contributed by atoms with Crippen LogP contribution in [0, 0.1) is 11.3 Å². The lowest BCUT2D eigenvalue weighted by Crippen LogP contribution is -2.12. The number of para-hydroxylation sites is 2. The number of ether oxygens (including phenoxy) is 2. The maximum atomic E-state index is 9.39. The van der Waals surface area contributed by atoms with E-state index in [1.807, 2.05) is 38.2 Å². The minimum absolute atomic E-state index is 0.631. The summed E-state index contributed by atoms with van der Waals surface area (Å²) in [4.78, 5) is 2.33. The first kappa shape index (κ1) is 25.4. The fourth-order valence-corrected chi connectivity index (χ4v) is 5.88. The van der Waals surface area contributed by atoms with Crippen molar-refractivity contribution in [3.8, 4) is 34.1 Å². The lowest BCUT2D eigenvalue weighted by Gasteiger charge is -2.29. The molecule has 0 aromatic heterocycles. The molecule has 4 nitrogen and oxygen atoms in total. The molecular formula is C38H28N2O2. The van der Waals surface area contributed by atoms with E-state index in [1.165, 1.54) is 22.3 Å². The first-order valence-electron chi connectivity index (χ1n) is 14.0. The monoisotopic (exact) mass is 544 g/mol. The molecule has 0 fully saturated rings. The topological polar surface area (TPSA) is 45.5 Å². The average Bonchev–Trinajstić information content (AvgIpc) is 3.13. The van der Waals surface area contributed by atoms with Crippen molar-refractivity contribution in [1.29, 1.82) is 5.26 Å². The van der Waals surface area contributed by atoms with Crippen LogP contribution in [-0.2, 0) is 4.74 Å². The molecule has 0 N–H and O–H groups in total. The van der Waals surface area contributed by atoms with Crippen LogP contribution in [0.3, 0.4) is 0 Å². The zero-order chi connectivity index (χ0) is 28.8. The molecule has 0 bridgehead atoms. The average molecular weight is 545 g/mol. The standard InChI is InChI=1S/C38H28N2O2/c1-24-18-29(22-30-20-27(25(2)23-39)19-26(3)41-30)42-38-21-28(16-17-31(24)38)40-36-14-8-6-12-34(36)32-10-4-5-11-33(32)35-13-7-9-15-37(35)40/h4-22H,1-3H3. The molecule has 0 aliphatic carbocycles. The minimum atomic E-state index is 0.631. The number of nitriles is 1. The number of nitrogens with zero attached hydrogens (tertiary/aromatic N) is 2. The van der Waals surface area contributed by atoms with Gasteiger partial charge in [-0.1, -0.05) is 60.7 Å². The first-order valence-corrected chi connectivity index (χ1v) is 14.0. The van der Waals surface area contributed by atoms with Crippen molar-refractivity contribution in [1.82, 2.24) is 0 Å². The van der Waals surface area contributed by atoms with Gasteiger partial charge >= 0.3 is 0 Å². The van der Waals surface area contributed by atoms with E-state index in [4.69, 9.17) is 9.47 Å². The summed E-state index contributed by atoms with van der Waals surface area (Å²) in [5, 5.41) is 9.39. The zero-order valence-corrected chi connectivity index (χ0v) is 23.7. The van der Waals surface area contributed by atoms with Gasteiger partial charge in [-0.2, -0.15) is 5.26 Å². The Hall–Kier alpha value is -5.53. The van der Waals surface area contributed by atoms with Crippen LogP contribution in [0.15, 0.2) is 144 Å². The van der Waals surface area contributed by atoms with Crippen LogP contribution in [0.4, 0.5) is 17.1 Å². The molecule has 0 radical (unpaired) electrons. The Kier molecular flexibility index (Phi) is 6.14. The summed E-state index contributed by atoms with van der Waals surface area (Å²) >= 11 is 0. The smallest absolute Gasteiger partial charge is 0.137 e. The third-order valence-corrected chi connectivity index (χ3v) is 7.85. The SMILES string of the molecule is CC1=CC(=C(C)C#N)C=C(C=C2C=C(C)c3ccc(N4c5ccccc5-c5ccccc5-c5ccccc54)cc3O2)O1. The molecule has 0 unspecified atom stereocenters. The first-order chi connectivity index (χ1) is 20.5. The summed E-state index contributed by atoms with van der Waals surface area (Å²) in [5.74, 6) is 2.82. The van der Waals surface area contributed by atoms with Crippen LogP contribution >= 0.6 is 0 Å². The maximum Gasteiger partial charge on any atom is 0.137 e. The zero-order valence-electron chi connectivity index (χ0n) is 23.7. The van der Waals surface area contributed by atoms with Crippen LogP contribution in [-0.4, -0.2) is 0 Å². The van der Waals surface area contributed by atoms with Crippen molar-refractivity contribution in [3.05, 3.63) is 149 Å². The van der Waals surface area contributed by atoms with Crippen molar-refractivity contribution >= 4 is 22.6 Å². The number of hydrogen-bond donors (Lipinski definition) is 0. The van der Waals surface area contributed by atoms with Gasteiger partial charge in [0.15, 0.2) is 0 Å². The predicted molar refractivity (Wildman–Crippen MR) is 169 cm³/mol. The number of anilines is 3. The Bertz CT molecular complexity index is 1910. The summed E-state index contributed by atoms with van der Waals surface area (Å²) in [7, 11) is 0. The van der Waals surface area contributed by atoms with Gasteiger partial charge in [-0.15, -0.1) is 0 Å². The van der Waals surface area contributed by atoms with Gasteiger partial charge in [-0.05, 0) is 85.5 Å². The molecule has 0 saturated carbocycles. The summed E-state index contributed by atoms with van der Waals surface area (Å²) in [5.41, 5.74) is 11.7.